The molecule has 0 unspecified atom stereocenters. The third-order valence-corrected chi connectivity index (χ3v) is 6.23. The van der Waals surface area contributed by atoms with Gasteiger partial charge in [-0.05, 0) is 66.6 Å². The fourth-order valence-corrected chi connectivity index (χ4v) is 3.94. The van der Waals surface area contributed by atoms with Gasteiger partial charge in [0.15, 0.2) is 6.61 Å². The number of urea groups is 1. The molecular formula is C26H18Cl3N3O5. The highest BCUT2D eigenvalue weighted by molar-refractivity contribution is 6.42. The molecule has 3 aromatic rings. The van der Waals surface area contributed by atoms with Crippen LogP contribution in [0.2, 0.25) is 15.1 Å². The highest BCUT2D eigenvalue weighted by atomic mass is 35.5. The summed E-state index contributed by atoms with van der Waals surface area (Å²) < 4.78 is 5.55. The zero-order chi connectivity index (χ0) is 26.7. The summed E-state index contributed by atoms with van der Waals surface area (Å²) >= 11 is 17.9. The van der Waals surface area contributed by atoms with Crippen LogP contribution in [0, 0.1) is 6.92 Å². The van der Waals surface area contributed by atoms with Crippen molar-refractivity contribution < 1.29 is 23.9 Å². The van der Waals surface area contributed by atoms with Crippen LogP contribution in [0.15, 0.2) is 66.2 Å². The van der Waals surface area contributed by atoms with E-state index in [9.17, 15) is 19.2 Å². The number of halogens is 3. The van der Waals surface area contributed by atoms with E-state index in [2.05, 4.69) is 10.6 Å². The van der Waals surface area contributed by atoms with Gasteiger partial charge in [-0.25, -0.2) is 9.69 Å². The molecule has 1 saturated heterocycles. The van der Waals surface area contributed by atoms with Gasteiger partial charge in [0.1, 0.15) is 11.3 Å². The number of barbiturate groups is 1. The second-order valence-electron chi connectivity index (χ2n) is 7.93. The standard InChI is InChI=1S/C26H18Cl3N3O5/c1-14-5-6-16(27)11-22(14)32-25(35)19(24(34)31-26(32)36)10-15-3-2-4-18(9-15)37-13-23(33)30-17-7-8-20(28)21(29)12-17/h2-12H,13H2,1H3,(H,30,33)(H,31,34,36)/b19-10+. The van der Waals surface area contributed by atoms with Crippen molar-refractivity contribution in [3.63, 3.8) is 0 Å². The second-order valence-corrected chi connectivity index (χ2v) is 9.18. The lowest BCUT2D eigenvalue weighted by molar-refractivity contribution is -0.122. The topological polar surface area (TPSA) is 105 Å². The number of carbonyl (C=O) groups is 4. The van der Waals surface area contributed by atoms with Crippen LogP contribution in [-0.4, -0.2) is 30.4 Å². The van der Waals surface area contributed by atoms with E-state index in [0.717, 1.165) is 4.90 Å². The Morgan fingerprint density at radius 2 is 1.78 bits per heavy atom. The molecule has 0 spiro atoms. The molecule has 4 rings (SSSR count). The Kier molecular flexibility index (Phi) is 7.83. The van der Waals surface area contributed by atoms with Gasteiger partial charge >= 0.3 is 6.03 Å². The van der Waals surface area contributed by atoms with E-state index in [0.29, 0.717) is 37.6 Å². The average Bonchev–Trinajstić information content (AvgIpc) is 2.85. The number of nitrogens with zero attached hydrogens (tertiary/aromatic N) is 1. The molecule has 0 aromatic heterocycles. The molecule has 0 saturated carbocycles. The van der Waals surface area contributed by atoms with E-state index in [1.165, 1.54) is 18.2 Å². The van der Waals surface area contributed by atoms with Crippen molar-refractivity contribution in [2.45, 2.75) is 6.92 Å². The first-order chi connectivity index (χ1) is 17.6. The van der Waals surface area contributed by atoms with E-state index in [4.69, 9.17) is 39.5 Å². The number of anilines is 2. The minimum absolute atomic E-state index is 0.256. The monoisotopic (exact) mass is 557 g/mol. The van der Waals surface area contributed by atoms with Gasteiger partial charge in [0.25, 0.3) is 17.7 Å². The number of imide groups is 2. The molecule has 11 heteroatoms. The van der Waals surface area contributed by atoms with Crippen LogP contribution in [0.25, 0.3) is 6.08 Å². The maximum Gasteiger partial charge on any atom is 0.335 e. The van der Waals surface area contributed by atoms with Gasteiger partial charge in [0.2, 0.25) is 0 Å². The lowest BCUT2D eigenvalue weighted by atomic mass is 10.1. The van der Waals surface area contributed by atoms with Crippen LogP contribution < -0.4 is 20.3 Å². The minimum Gasteiger partial charge on any atom is -0.484 e. The van der Waals surface area contributed by atoms with Crippen molar-refractivity contribution in [2.75, 3.05) is 16.8 Å². The first kappa shape index (κ1) is 26.2. The Hall–Kier alpha value is -3.85. The third-order valence-electron chi connectivity index (χ3n) is 5.26. The first-order valence-electron chi connectivity index (χ1n) is 10.8. The molecule has 5 amide bonds. The Balaban J connectivity index is 1.50. The lowest BCUT2D eigenvalue weighted by Crippen LogP contribution is -2.54. The number of carbonyl (C=O) groups excluding carboxylic acids is 4. The van der Waals surface area contributed by atoms with Crippen molar-refractivity contribution in [3.05, 3.63) is 92.4 Å². The highest BCUT2D eigenvalue weighted by Gasteiger charge is 2.37. The summed E-state index contributed by atoms with van der Waals surface area (Å²) in [5.41, 5.74) is 1.53. The summed E-state index contributed by atoms with van der Waals surface area (Å²) in [7, 11) is 0. The van der Waals surface area contributed by atoms with Gasteiger partial charge in [-0.2, -0.15) is 0 Å². The first-order valence-corrected chi connectivity index (χ1v) is 11.9. The molecule has 0 radical (unpaired) electrons. The molecule has 0 bridgehead atoms. The number of amides is 5. The van der Waals surface area contributed by atoms with Crippen molar-refractivity contribution in [1.82, 2.24) is 5.32 Å². The Bertz CT molecular complexity index is 1470. The zero-order valence-electron chi connectivity index (χ0n) is 19.2. The zero-order valence-corrected chi connectivity index (χ0v) is 21.4. The number of hydrogen-bond donors (Lipinski definition) is 2. The van der Waals surface area contributed by atoms with Crippen molar-refractivity contribution in [3.8, 4) is 5.75 Å². The quantitative estimate of drug-likeness (QED) is 0.301. The number of benzene rings is 3. The van der Waals surface area contributed by atoms with E-state index in [-0.39, 0.29) is 17.9 Å². The summed E-state index contributed by atoms with van der Waals surface area (Å²) in [5.74, 6) is -1.75. The van der Waals surface area contributed by atoms with Crippen LogP contribution in [-0.2, 0) is 14.4 Å². The molecule has 2 N–H and O–H groups in total. The molecule has 37 heavy (non-hydrogen) atoms. The Morgan fingerprint density at radius 1 is 1.00 bits per heavy atom. The summed E-state index contributed by atoms with van der Waals surface area (Å²) in [6.45, 7) is 1.40. The Labute approximate surface area is 226 Å². The molecule has 1 fully saturated rings. The molecule has 0 atom stereocenters. The lowest BCUT2D eigenvalue weighted by Gasteiger charge is -2.27. The number of nitrogens with one attached hydrogen (secondary N) is 2. The van der Waals surface area contributed by atoms with Crippen LogP contribution in [0.4, 0.5) is 16.2 Å². The summed E-state index contributed by atoms with van der Waals surface area (Å²) in [6.07, 6.45) is 1.33. The maximum absolute atomic E-state index is 13.2. The normalized spacial score (nSPS) is 14.5. The van der Waals surface area contributed by atoms with Crippen LogP contribution in [0.5, 0.6) is 5.75 Å². The van der Waals surface area contributed by atoms with Crippen molar-refractivity contribution in [2.24, 2.45) is 0 Å². The maximum atomic E-state index is 13.2. The van der Waals surface area contributed by atoms with Gasteiger partial charge in [0, 0.05) is 10.7 Å². The van der Waals surface area contributed by atoms with Gasteiger partial charge < -0.3 is 10.1 Å². The average molecular weight is 559 g/mol. The second kappa shape index (κ2) is 11.0. The predicted molar refractivity (Wildman–Crippen MR) is 142 cm³/mol. The van der Waals surface area contributed by atoms with Crippen molar-refractivity contribution >= 4 is 76.0 Å². The van der Waals surface area contributed by atoms with Gasteiger partial charge in [-0.3, -0.25) is 19.7 Å². The van der Waals surface area contributed by atoms with Crippen LogP contribution in [0.3, 0.4) is 0 Å². The number of ether oxygens (including phenoxy) is 1. The fraction of sp³-hybridized carbons (Fsp3) is 0.0769. The summed E-state index contributed by atoms with van der Waals surface area (Å²) in [5, 5.41) is 5.81. The molecule has 3 aromatic carbocycles. The molecule has 0 aliphatic carbocycles. The highest BCUT2D eigenvalue weighted by Crippen LogP contribution is 2.28. The molecule has 8 nitrogen and oxygen atoms in total. The van der Waals surface area contributed by atoms with Crippen molar-refractivity contribution in [1.29, 1.82) is 0 Å². The predicted octanol–water partition coefficient (Wildman–Crippen LogP) is 5.64. The smallest absolute Gasteiger partial charge is 0.335 e. The minimum atomic E-state index is -0.873. The molecular weight excluding hydrogens is 541 g/mol. The van der Waals surface area contributed by atoms with Gasteiger partial charge in [0.05, 0.1) is 15.7 Å². The van der Waals surface area contributed by atoms with Gasteiger partial charge in [-0.1, -0.05) is 53.0 Å². The van der Waals surface area contributed by atoms with Crippen LogP contribution in [0.1, 0.15) is 11.1 Å². The summed E-state index contributed by atoms with van der Waals surface area (Å²) in [4.78, 5) is 51.3. The van der Waals surface area contributed by atoms with Crippen LogP contribution >= 0.6 is 34.8 Å². The number of aryl methyl sites for hydroxylation is 1. The third kappa shape index (κ3) is 6.11. The molecule has 1 aliphatic rings. The largest absolute Gasteiger partial charge is 0.484 e. The fourth-order valence-electron chi connectivity index (χ4n) is 3.48. The molecule has 188 valence electrons. The van der Waals surface area contributed by atoms with Gasteiger partial charge in [-0.15, -0.1) is 0 Å². The SMILES string of the molecule is Cc1ccc(Cl)cc1N1C(=O)NC(=O)/C(=C\c2cccc(OCC(=O)Nc3ccc(Cl)c(Cl)c3)c2)C1=O. The molecule has 1 aliphatic heterocycles. The number of rotatable bonds is 6. The molecule has 1 heterocycles. The van der Waals surface area contributed by atoms with E-state index >= 15 is 0 Å². The van der Waals surface area contributed by atoms with E-state index < -0.39 is 23.8 Å². The Morgan fingerprint density at radius 3 is 2.54 bits per heavy atom. The van der Waals surface area contributed by atoms with E-state index in [1.54, 1.807) is 55.5 Å². The number of hydrogen-bond acceptors (Lipinski definition) is 5. The summed E-state index contributed by atoms with van der Waals surface area (Å²) in [6, 6.07) is 15.0. The van der Waals surface area contributed by atoms with E-state index in [1.807, 2.05) is 0 Å².